The maximum absolute atomic E-state index is 12.9. The molecule has 27 heavy (non-hydrogen) atoms. The number of carbonyl (C=O) groups excluding carboxylic acids is 2. The van der Waals surface area contributed by atoms with Crippen molar-refractivity contribution in [3.63, 3.8) is 0 Å². The van der Waals surface area contributed by atoms with Crippen LogP contribution in [0.2, 0.25) is 0 Å². The summed E-state index contributed by atoms with van der Waals surface area (Å²) in [6, 6.07) is 19.7. The molecule has 1 aliphatic heterocycles. The van der Waals surface area contributed by atoms with Crippen molar-refractivity contribution >= 4 is 11.8 Å². The highest BCUT2D eigenvalue weighted by Gasteiger charge is 2.31. The molecular formula is C23H27NO3. The van der Waals surface area contributed by atoms with E-state index < -0.39 is 11.9 Å². The standard InChI is InChI=1S/C23H27NO3/c1-27-23(26)22(20-10-6-3-7-11-20)21(25)16-18-12-14-24(15-13-18)17-19-8-4-2-5-9-19/h2-11,18,22H,12-17H2,1H3. The molecule has 0 spiro atoms. The van der Waals surface area contributed by atoms with Crippen LogP contribution in [0.1, 0.15) is 36.3 Å². The molecule has 1 heterocycles. The van der Waals surface area contributed by atoms with Gasteiger partial charge in [0.05, 0.1) is 7.11 Å². The van der Waals surface area contributed by atoms with Crippen LogP contribution in [0.4, 0.5) is 0 Å². The molecule has 0 aliphatic carbocycles. The zero-order valence-electron chi connectivity index (χ0n) is 15.8. The smallest absolute Gasteiger partial charge is 0.320 e. The van der Waals surface area contributed by atoms with Crippen molar-refractivity contribution in [2.75, 3.05) is 20.2 Å². The van der Waals surface area contributed by atoms with Crippen molar-refractivity contribution < 1.29 is 14.3 Å². The minimum absolute atomic E-state index is 0.0328. The molecule has 2 aromatic rings. The fraction of sp³-hybridized carbons (Fsp3) is 0.391. The molecule has 0 amide bonds. The fourth-order valence-corrected chi connectivity index (χ4v) is 3.81. The highest BCUT2D eigenvalue weighted by Crippen LogP contribution is 2.27. The van der Waals surface area contributed by atoms with Crippen LogP contribution >= 0.6 is 0 Å². The van der Waals surface area contributed by atoms with E-state index in [0.717, 1.165) is 38.0 Å². The van der Waals surface area contributed by atoms with E-state index in [1.165, 1.54) is 12.7 Å². The summed E-state index contributed by atoms with van der Waals surface area (Å²) in [5.41, 5.74) is 2.04. The molecule has 1 unspecified atom stereocenters. The molecule has 0 saturated carbocycles. The Kier molecular flexibility index (Phi) is 6.77. The number of hydrogen-bond donors (Lipinski definition) is 0. The normalized spacial score (nSPS) is 16.6. The zero-order valence-corrected chi connectivity index (χ0v) is 15.8. The molecule has 0 N–H and O–H groups in total. The van der Waals surface area contributed by atoms with E-state index >= 15 is 0 Å². The molecule has 0 aromatic heterocycles. The van der Waals surface area contributed by atoms with Gasteiger partial charge in [0.2, 0.25) is 0 Å². The van der Waals surface area contributed by atoms with Gasteiger partial charge in [-0.05, 0) is 43.0 Å². The van der Waals surface area contributed by atoms with Crippen LogP contribution in [0.3, 0.4) is 0 Å². The van der Waals surface area contributed by atoms with Crippen LogP contribution < -0.4 is 0 Å². The van der Waals surface area contributed by atoms with Gasteiger partial charge < -0.3 is 4.74 Å². The van der Waals surface area contributed by atoms with E-state index in [-0.39, 0.29) is 5.78 Å². The quantitative estimate of drug-likeness (QED) is 0.553. The molecule has 4 heteroatoms. The van der Waals surface area contributed by atoms with Crippen LogP contribution in [-0.2, 0) is 20.9 Å². The van der Waals surface area contributed by atoms with Crippen molar-refractivity contribution in [1.82, 2.24) is 4.90 Å². The van der Waals surface area contributed by atoms with E-state index in [1.807, 2.05) is 36.4 Å². The minimum atomic E-state index is -0.807. The van der Waals surface area contributed by atoms with Gasteiger partial charge in [-0.15, -0.1) is 0 Å². The maximum Gasteiger partial charge on any atom is 0.320 e. The average molecular weight is 365 g/mol. The Bertz CT molecular complexity index is 737. The Labute approximate surface area is 161 Å². The van der Waals surface area contributed by atoms with Gasteiger partial charge in [0, 0.05) is 13.0 Å². The van der Waals surface area contributed by atoms with E-state index in [4.69, 9.17) is 4.74 Å². The molecule has 0 bridgehead atoms. The van der Waals surface area contributed by atoms with Gasteiger partial charge in [-0.1, -0.05) is 60.7 Å². The molecular weight excluding hydrogens is 338 g/mol. The van der Waals surface area contributed by atoms with Gasteiger partial charge in [-0.25, -0.2) is 0 Å². The lowest BCUT2D eigenvalue weighted by molar-refractivity contribution is -0.146. The second kappa shape index (κ2) is 9.47. The van der Waals surface area contributed by atoms with Crippen LogP contribution in [0.5, 0.6) is 0 Å². The van der Waals surface area contributed by atoms with Crippen LogP contribution in [0.15, 0.2) is 60.7 Å². The van der Waals surface area contributed by atoms with Gasteiger partial charge in [0.15, 0.2) is 5.78 Å². The Morgan fingerprint density at radius 3 is 2.19 bits per heavy atom. The van der Waals surface area contributed by atoms with Gasteiger partial charge >= 0.3 is 5.97 Å². The van der Waals surface area contributed by atoms with Gasteiger partial charge in [-0.3, -0.25) is 14.5 Å². The summed E-state index contributed by atoms with van der Waals surface area (Å²) in [6.45, 7) is 2.93. The second-order valence-electron chi connectivity index (χ2n) is 7.24. The SMILES string of the molecule is COC(=O)C(C(=O)CC1CCN(Cc2ccccc2)CC1)c1ccccc1. The first-order valence-corrected chi connectivity index (χ1v) is 9.59. The monoisotopic (exact) mass is 365 g/mol. The van der Waals surface area contributed by atoms with Gasteiger partial charge in [-0.2, -0.15) is 0 Å². The third kappa shape index (κ3) is 5.27. The average Bonchev–Trinajstić information content (AvgIpc) is 2.71. The molecule has 4 nitrogen and oxygen atoms in total. The number of ether oxygens (including phenoxy) is 1. The molecule has 1 aliphatic rings. The summed E-state index contributed by atoms with van der Waals surface area (Å²) in [5, 5.41) is 0. The molecule has 3 rings (SSSR count). The topological polar surface area (TPSA) is 46.6 Å². The van der Waals surface area contributed by atoms with Crippen molar-refractivity contribution in [3.05, 3.63) is 71.8 Å². The largest absolute Gasteiger partial charge is 0.468 e. The molecule has 142 valence electrons. The first-order chi connectivity index (χ1) is 13.2. The number of likely N-dealkylation sites (tertiary alicyclic amines) is 1. The zero-order chi connectivity index (χ0) is 19.1. The number of benzene rings is 2. The van der Waals surface area contributed by atoms with E-state index in [2.05, 4.69) is 29.2 Å². The van der Waals surface area contributed by atoms with Gasteiger partial charge in [0.25, 0.3) is 0 Å². The summed E-state index contributed by atoms with van der Waals surface area (Å²) >= 11 is 0. The lowest BCUT2D eigenvalue weighted by Gasteiger charge is -2.32. The third-order valence-corrected chi connectivity index (χ3v) is 5.34. The lowest BCUT2D eigenvalue weighted by Crippen LogP contribution is -2.35. The van der Waals surface area contributed by atoms with Crippen molar-refractivity contribution in [2.45, 2.75) is 31.7 Å². The predicted octanol–water partition coefficient (Wildman–Crippen LogP) is 3.81. The predicted molar refractivity (Wildman–Crippen MR) is 105 cm³/mol. The fourth-order valence-electron chi connectivity index (χ4n) is 3.81. The molecule has 1 fully saturated rings. The number of Topliss-reactive ketones (excluding diaryl/α,β-unsaturated/α-hetero) is 1. The van der Waals surface area contributed by atoms with Crippen LogP contribution in [-0.4, -0.2) is 36.9 Å². The number of methoxy groups -OCH3 is 1. The van der Waals surface area contributed by atoms with Crippen molar-refractivity contribution in [2.24, 2.45) is 5.92 Å². The Balaban J connectivity index is 1.55. The lowest BCUT2D eigenvalue weighted by atomic mass is 9.85. The summed E-state index contributed by atoms with van der Waals surface area (Å²) in [4.78, 5) is 27.5. The number of nitrogens with zero attached hydrogens (tertiary/aromatic N) is 1. The number of carbonyl (C=O) groups is 2. The van der Waals surface area contributed by atoms with Crippen LogP contribution in [0.25, 0.3) is 0 Å². The summed E-state index contributed by atoms with van der Waals surface area (Å²) in [7, 11) is 1.34. The Morgan fingerprint density at radius 2 is 1.59 bits per heavy atom. The molecule has 0 radical (unpaired) electrons. The first-order valence-electron chi connectivity index (χ1n) is 9.59. The number of ketones is 1. The number of rotatable bonds is 7. The summed E-state index contributed by atoms with van der Waals surface area (Å²) in [6.07, 6.45) is 2.41. The molecule has 2 aromatic carbocycles. The Morgan fingerprint density at radius 1 is 1.00 bits per heavy atom. The second-order valence-corrected chi connectivity index (χ2v) is 7.24. The summed E-state index contributed by atoms with van der Waals surface area (Å²) < 4.78 is 4.89. The van der Waals surface area contributed by atoms with Gasteiger partial charge in [0.1, 0.15) is 5.92 Å². The number of hydrogen-bond acceptors (Lipinski definition) is 4. The van der Waals surface area contributed by atoms with E-state index in [9.17, 15) is 9.59 Å². The maximum atomic E-state index is 12.9. The van der Waals surface area contributed by atoms with E-state index in [1.54, 1.807) is 0 Å². The highest BCUT2D eigenvalue weighted by molar-refractivity contribution is 6.04. The molecule has 1 saturated heterocycles. The number of esters is 1. The number of piperidine rings is 1. The third-order valence-electron chi connectivity index (χ3n) is 5.34. The highest BCUT2D eigenvalue weighted by atomic mass is 16.5. The van der Waals surface area contributed by atoms with Crippen molar-refractivity contribution in [1.29, 1.82) is 0 Å². The van der Waals surface area contributed by atoms with E-state index in [0.29, 0.717) is 12.3 Å². The molecule has 1 atom stereocenters. The van der Waals surface area contributed by atoms with Crippen molar-refractivity contribution in [3.8, 4) is 0 Å². The first kappa shape index (κ1) is 19.3. The summed E-state index contributed by atoms with van der Waals surface area (Å²) in [5.74, 6) is -0.971. The Hall–Kier alpha value is -2.46. The van der Waals surface area contributed by atoms with Crippen LogP contribution in [0, 0.1) is 5.92 Å². The minimum Gasteiger partial charge on any atom is -0.468 e.